The molecule has 96 valence electrons. The van der Waals surface area contributed by atoms with Crippen LogP contribution in [0.15, 0.2) is 0 Å². The molecule has 0 radical (unpaired) electrons. The zero-order chi connectivity index (χ0) is 12.0. The Kier molecular flexibility index (Phi) is 6.37. The minimum absolute atomic E-state index is 0.681. The summed E-state index contributed by atoms with van der Waals surface area (Å²) in [4.78, 5) is 2.64. The lowest BCUT2D eigenvalue weighted by Gasteiger charge is -2.36. The lowest BCUT2D eigenvalue weighted by atomic mass is 9.79. The Labute approximate surface area is 102 Å². The van der Waals surface area contributed by atoms with E-state index in [9.17, 15) is 0 Å². The van der Waals surface area contributed by atoms with E-state index in [1.54, 1.807) is 0 Å². The van der Waals surface area contributed by atoms with Gasteiger partial charge in [0.15, 0.2) is 0 Å². The summed E-state index contributed by atoms with van der Waals surface area (Å²) < 4.78 is 0. The van der Waals surface area contributed by atoms with Crippen LogP contribution in [0.25, 0.3) is 0 Å². The molecule has 0 saturated heterocycles. The van der Waals surface area contributed by atoms with Crippen molar-refractivity contribution in [3.05, 3.63) is 0 Å². The molecule has 1 rings (SSSR count). The molecule has 2 unspecified atom stereocenters. The van der Waals surface area contributed by atoms with Gasteiger partial charge < -0.3 is 10.6 Å². The van der Waals surface area contributed by atoms with Crippen LogP contribution in [0.2, 0.25) is 0 Å². The van der Waals surface area contributed by atoms with Gasteiger partial charge in [0.25, 0.3) is 0 Å². The largest absolute Gasteiger partial charge is 0.330 e. The molecule has 1 saturated carbocycles. The first-order valence-corrected chi connectivity index (χ1v) is 7.13. The molecule has 0 amide bonds. The Bertz CT molecular complexity index is 180. The Hall–Kier alpha value is -0.0800. The maximum Gasteiger partial charge on any atom is 0.00387 e. The molecule has 1 fully saturated rings. The SMILES string of the molecule is CCCN(CC1CCCCC1CN)C(C)C. The Morgan fingerprint density at radius 2 is 1.81 bits per heavy atom. The predicted octanol–water partition coefficient (Wildman–Crippen LogP) is 2.87. The van der Waals surface area contributed by atoms with E-state index >= 15 is 0 Å². The molecule has 1 aliphatic rings. The van der Waals surface area contributed by atoms with Crippen molar-refractivity contribution < 1.29 is 0 Å². The van der Waals surface area contributed by atoms with Gasteiger partial charge in [0, 0.05) is 12.6 Å². The molecule has 16 heavy (non-hydrogen) atoms. The van der Waals surface area contributed by atoms with Crippen molar-refractivity contribution in [2.45, 2.75) is 58.9 Å². The Morgan fingerprint density at radius 3 is 2.31 bits per heavy atom. The van der Waals surface area contributed by atoms with Crippen LogP contribution in [0.1, 0.15) is 52.9 Å². The summed E-state index contributed by atoms with van der Waals surface area (Å²) in [6.45, 7) is 10.3. The zero-order valence-corrected chi connectivity index (χ0v) is 11.4. The van der Waals surface area contributed by atoms with E-state index in [-0.39, 0.29) is 0 Å². The van der Waals surface area contributed by atoms with Crippen molar-refractivity contribution in [2.24, 2.45) is 17.6 Å². The molecule has 0 aromatic rings. The van der Waals surface area contributed by atoms with Crippen LogP contribution in [0.4, 0.5) is 0 Å². The summed E-state index contributed by atoms with van der Waals surface area (Å²) in [6.07, 6.45) is 6.83. The fourth-order valence-corrected chi connectivity index (χ4v) is 2.98. The minimum Gasteiger partial charge on any atom is -0.330 e. The second kappa shape index (κ2) is 7.29. The van der Waals surface area contributed by atoms with E-state index in [0.29, 0.717) is 6.04 Å². The van der Waals surface area contributed by atoms with Crippen LogP contribution in [0.5, 0.6) is 0 Å². The second-order valence-corrected chi connectivity index (χ2v) is 5.63. The Morgan fingerprint density at radius 1 is 1.19 bits per heavy atom. The third kappa shape index (κ3) is 4.06. The first-order valence-electron chi connectivity index (χ1n) is 7.13. The molecule has 0 heterocycles. The predicted molar refractivity (Wildman–Crippen MR) is 71.5 cm³/mol. The van der Waals surface area contributed by atoms with Gasteiger partial charge in [-0.25, -0.2) is 0 Å². The number of rotatable bonds is 6. The summed E-state index contributed by atoms with van der Waals surface area (Å²) in [5, 5.41) is 0. The number of hydrogen-bond donors (Lipinski definition) is 1. The van der Waals surface area contributed by atoms with Gasteiger partial charge in [-0.1, -0.05) is 19.8 Å². The van der Waals surface area contributed by atoms with E-state index in [0.717, 1.165) is 18.4 Å². The van der Waals surface area contributed by atoms with Gasteiger partial charge >= 0.3 is 0 Å². The van der Waals surface area contributed by atoms with Crippen molar-refractivity contribution >= 4 is 0 Å². The van der Waals surface area contributed by atoms with Crippen molar-refractivity contribution in [3.8, 4) is 0 Å². The zero-order valence-electron chi connectivity index (χ0n) is 11.4. The molecule has 2 heteroatoms. The average molecular weight is 226 g/mol. The summed E-state index contributed by atoms with van der Waals surface area (Å²) in [5.74, 6) is 1.64. The van der Waals surface area contributed by atoms with Gasteiger partial charge in [0.05, 0.1) is 0 Å². The molecule has 0 aromatic heterocycles. The molecular formula is C14H30N2. The van der Waals surface area contributed by atoms with Crippen LogP contribution < -0.4 is 5.73 Å². The monoisotopic (exact) mass is 226 g/mol. The van der Waals surface area contributed by atoms with E-state index in [4.69, 9.17) is 5.73 Å². The highest BCUT2D eigenvalue weighted by atomic mass is 15.1. The second-order valence-electron chi connectivity index (χ2n) is 5.63. The number of hydrogen-bond acceptors (Lipinski definition) is 2. The van der Waals surface area contributed by atoms with E-state index in [1.807, 2.05) is 0 Å². The van der Waals surface area contributed by atoms with Crippen molar-refractivity contribution in [1.29, 1.82) is 0 Å². The molecule has 1 aliphatic carbocycles. The fourth-order valence-electron chi connectivity index (χ4n) is 2.98. The number of nitrogens with two attached hydrogens (primary N) is 1. The van der Waals surface area contributed by atoms with E-state index in [1.165, 1.54) is 45.2 Å². The van der Waals surface area contributed by atoms with Crippen LogP contribution in [-0.2, 0) is 0 Å². The standard InChI is InChI=1S/C14H30N2/c1-4-9-16(12(2)3)11-14-8-6-5-7-13(14)10-15/h12-14H,4-11,15H2,1-3H3. The van der Waals surface area contributed by atoms with Gasteiger partial charge in [-0.3, -0.25) is 0 Å². The maximum atomic E-state index is 5.90. The van der Waals surface area contributed by atoms with Crippen molar-refractivity contribution in [3.63, 3.8) is 0 Å². The summed E-state index contributed by atoms with van der Waals surface area (Å²) in [6, 6.07) is 0.681. The first kappa shape index (κ1) is 14.0. The summed E-state index contributed by atoms with van der Waals surface area (Å²) >= 11 is 0. The summed E-state index contributed by atoms with van der Waals surface area (Å²) in [5.41, 5.74) is 5.90. The smallest absolute Gasteiger partial charge is 0.00387 e. The summed E-state index contributed by atoms with van der Waals surface area (Å²) in [7, 11) is 0. The van der Waals surface area contributed by atoms with Gasteiger partial charge in [-0.05, 0) is 58.0 Å². The number of nitrogens with zero attached hydrogens (tertiary/aromatic N) is 1. The van der Waals surface area contributed by atoms with Crippen molar-refractivity contribution in [2.75, 3.05) is 19.6 Å². The van der Waals surface area contributed by atoms with Crippen molar-refractivity contribution in [1.82, 2.24) is 4.90 Å². The third-order valence-corrected chi connectivity index (χ3v) is 4.08. The molecule has 0 aromatic carbocycles. The van der Waals surface area contributed by atoms with Gasteiger partial charge in [-0.2, -0.15) is 0 Å². The van der Waals surface area contributed by atoms with Crippen LogP contribution in [0, 0.1) is 11.8 Å². The molecule has 2 N–H and O–H groups in total. The van der Waals surface area contributed by atoms with Gasteiger partial charge in [0.1, 0.15) is 0 Å². The fraction of sp³-hybridized carbons (Fsp3) is 1.00. The normalized spacial score (nSPS) is 26.6. The molecule has 2 atom stereocenters. The lowest BCUT2D eigenvalue weighted by Crippen LogP contribution is -2.40. The average Bonchev–Trinajstić information content (AvgIpc) is 2.29. The van der Waals surface area contributed by atoms with Gasteiger partial charge in [-0.15, -0.1) is 0 Å². The molecular weight excluding hydrogens is 196 g/mol. The Balaban J connectivity index is 2.47. The van der Waals surface area contributed by atoms with E-state index < -0.39 is 0 Å². The van der Waals surface area contributed by atoms with Gasteiger partial charge in [0.2, 0.25) is 0 Å². The molecule has 0 bridgehead atoms. The third-order valence-electron chi connectivity index (χ3n) is 4.08. The quantitative estimate of drug-likeness (QED) is 0.754. The van der Waals surface area contributed by atoms with Crippen LogP contribution >= 0.6 is 0 Å². The van der Waals surface area contributed by atoms with E-state index in [2.05, 4.69) is 25.7 Å². The van der Waals surface area contributed by atoms with Crippen LogP contribution in [-0.4, -0.2) is 30.6 Å². The molecule has 2 nitrogen and oxygen atoms in total. The van der Waals surface area contributed by atoms with Crippen LogP contribution in [0.3, 0.4) is 0 Å². The topological polar surface area (TPSA) is 29.3 Å². The highest BCUT2D eigenvalue weighted by molar-refractivity contribution is 4.79. The molecule has 0 spiro atoms. The first-order chi connectivity index (χ1) is 7.69. The highest BCUT2D eigenvalue weighted by Crippen LogP contribution is 2.30. The molecule has 0 aliphatic heterocycles. The lowest BCUT2D eigenvalue weighted by molar-refractivity contribution is 0.130. The minimum atomic E-state index is 0.681. The highest BCUT2D eigenvalue weighted by Gasteiger charge is 2.26. The maximum absolute atomic E-state index is 5.90.